The summed E-state index contributed by atoms with van der Waals surface area (Å²) in [5.74, 6) is 0. The number of rotatable bonds is 1. The molecular weight excluding hydrogens is 553 g/mol. The van der Waals surface area contributed by atoms with Crippen LogP contribution in [0.1, 0.15) is 0 Å². The summed E-state index contributed by atoms with van der Waals surface area (Å²) in [6.07, 6.45) is 0. The molecule has 7 aromatic carbocycles. The first-order chi connectivity index (χ1) is 20.3. The van der Waals surface area contributed by atoms with Crippen molar-refractivity contribution in [2.24, 2.45) is 0 Å². The second-order valence-corrected chi connectivity index (χ2v) is 14.0. The van der Waals surface area contributed by atoms with Crippen molar-refractivity contribution >= 4 is 116 Å². The Morgan fingerprint density at radius 2 is 0.902 bits per heavy atom. The topological polar surface area (TPSA) is 0 Å². The predicted octanol–water partition coefficient (Wildman–Crippen LogP) is 12.8. The zero-order valence-corrected chi connectivity index (χ0v) is 24.2. The summed E-state index contributed by atoms with van der Waals surface area (Å²) in [4.78, 5) is 0. The van der Waals surface area contributed by atoms with Crippen molar-refractivity contribution < 1.29 is 0 Å². The molecule has 10 rings (SSSR count). The highest BCUT2D eigenvalue weighted by atomic mass is 32.1. The number of fused-ring (bicyclic) bond motifs is 13. The van der Waals surface area contributed by atoms with Crippen LogP contribution in [0.3, 0.4) is 0 Å². The highest BCUT2D eigenvalue weighted by Crippen LogP contribution is 2.48. The van der Waals surface area contributed by atoms with Crippen molar-refractivity contribution in [3.8, 4) is 11.1 Å². The van der Waals surface area contributed by atoms with Gasteiger partial charge in [-0.25, -0.2) is 0 Å². The molecule has 0 nitrogen and oxygen atoms in total. The van der Waals surface area contributed by atoms with Crippen LogP contribution in [0.4, 0.5) is 0 Å². The van der Waals surface area contributed by atoms with Crippen LogP contribution in [0.25, 0.3) is 93.2 Å². The molecule has 0 aliphatic rings. The smallest absolute Gasteiger partial charge is 0.0440 e. The first-order valence-corrected chi connectivity index (χ1v) is 16.3. The SMILES string of the molecule is c1ccc2c(c1)sc1cc3cc(-c4cccc5c4sc4ccccc45)c4ccc5c6ccccc6sc5c4c3cc12. The van der Waals surface area contributed by atoms with Crippen LogP contribution < -0.4 is 0 Å². The van der Waals surface area contributed by atoms with E-state index in [-0.39, 0.29) is 0 Å². The molecule has 0 aliphatic carbocycles. The van der Waals surface area contributed by atoms with Crippen LogP contribution in [0.5, 0.6) is 0 Å². The van der Waals surface area contributed by atoms with Gasteiger partial charge in [0.05, 0.1) is 0 Å². The minimum Gasteiger partial charge on any atom is -0.135 e. The molecule has 10 aromatic rings. The van der Waals surface area contributed by atoms with Crippen molar-refractivity contribution in [3.05, 3.63) is 121 Å². The summed E-state index contributed by atoms with van der Waals surface area (Å²) in [5.41, 5.74) is 2.65. The minimum absolute atomic E-state index is 1.31. The molecule has 3 aromatic heterocycles. The molecule has 0 radical (unpaired) electrons. The van der Waals surface area contributed by atoms with E-state index in [1.165, 1.54) is 93.2 Å². The number of benzene rings is 7. The molecule has 3 heterocycles. The second kappa shape index (κ2) is 8.14. The molecular formula is C38H20S3. The quantitative estimate of drug-likeness (QED) is 0.172. The molecule has 0 fully saturated rings. The van der Waals surface area contributed by atoms with Gasteiger partial charge < -0.3 is 0 Å². The summed E-state index contributed by atoms with van der Waals surface area (Å²) in [5, 5.41) is 13.5. The monoisotopic (exact) mass is 572 g/mol. The number of hydrogen-bond acceptors (Lipinski definition) is 3. The van der Waals surface area contributed by atoms with Crippen LogP contribution in [0.15, 0.2) is 121 Å². The number of thiophene rings is 3. The van der Waals surface area contributed by atoms with Crippen LogP contribution in [0.2, 0.25) is 0 Å². The molecule has 0 spiro atoms. The fraction of sp³-hybridized carbons (Fsp3) is 0. The second-order valence-electron chi connectivity index (χ2n) is 10.8. The summed E-state index contributed by atoms with van der Waals surface area (Å²) in [6, 6.07) is 45.5. The summed E-state index contributed by atoms with van der Waals surface area (Å²) < 4.78 is 8.16. The average Bonchev–Trinajstić information content (AvgIpc) is 3.70. The van der Waals surface area contributed by atoms with Crippen LogP contribution >= 0.6 is 34.0 Å². The Morgan fingerprint density at radius 3 is 1.66 bits per heavy atom. The summed E-state index contributed by atoms with van der Waals surface area (Å²) in [6.45, 7) is 0. The van der Waals surface area contributed by atoms with Gasteiger partial charge in [0.1, 0.15) is 0 Å². The van der Waals surface area contributed by atoms with E-state index in [2.05, 4.69) is 121 Å². The lowest BCUT2D eigenvalue weighted by molar-refractivity contribution is 1.78. The fourth-order valence-corrected chi connectivity index (χ4v) is 10.5. The van der Waals surface area contributed by atoms with Crippen LogP contribution in [-0.4, -0.2) is 0 Å². The van der Waals surface area contributed by atoms with E-state index in [0.717, 1.165) is 0 Å². The third-order valence-corrected chi connectivity index (χ3v) is 12.2. The third kappa shape index (κ3) is 3.03. The highest BCUT2D eigenvalue weighted by molar-refractivity contribution is 7.27. The van der Waals surface area contributed by atoms with Gasteiger partial charge in [0.15, 0.2) is 0 Å². The van der Waals surface area contributed by atoms with E-state index in [4.69, 9.17) is 0 Å². The van der Waals surface area contributed by atoms with Crippen molar-refractivity contribution in [1.29, 1.82) is 0 Å². The molecule has 0 aliphatic heterocycles. The average molecular weight is 573 g/mol. The van der Waals surface area contributed by atoms with E-state index in [1.807, 2.05) is 34.0 Å². The molecule has 190 valence electrons. The van der Waals surface area contributed by atoms with Crippen LogP contribution in [-0.2, 0) is 0 Å². The molecule has 0 saturated heterocycles. The zero-order valence-electron chi connectivity index (χ0n) is 21.8. The standard InChI is InChI=1S/C38H20S3/c1-5-14-33-22(8-1)26-11-7-12-27(37(26)40-33)30-18-21-19-35-31(24-10-3-4-13-32(24)39-35)20-29(21)36-25(30)16-17-28-23-9-2-6-15-34(23)41-38(28)36/h1-20H. The maximum atomic E-state index is 2.47. The van der Waals surface area contributed by atoms with Gasteiger partial charge >= 0.3 is 0 Å². The fourth-order valence-electron chi connectivity index (χ4n) is 6.82. The minimum atomic E-state index is 1.31. The van der Waals surface area contributed by atoms with Crippen molar-refractivity contribution in [3.63, 3.8) is 0 Å². The van der Waals surface area contributed by atoms with E-state index >= 15 is 0 Å². The lowest BCUT2D eigenvalue weighted by Crippen LogP contribution is -1.86. The Morgan fingerprint density at radius 1 is 0.317 bits per heavy atom. The van der Waals surface area contributed by atoms with Crippen LogP contribution in [0, 0.1) is 0 Å². The van der Waals surface area contributed by atoms with Gasteiger partial charge in [-0.1, -0.05) is 84.9 Å². The maximum Gasteiger partial charge on any atom is 0.0440 e. The van der Waals surface area contributed by atoms with E-state index in [0.29, 0.717) is 0 Å². The lowest BCUT2D eigenvalue weighted by Gasteiger charge is -2.13. The molecule has 41 heavy (non-hydrogen) atoms. The van der Waals surface area contributed by atoms with Gasteiger partial charge in [0, 0.05) is 71.5 Å². The molecule has 0 amide bonds. The van der Waals surface area contributed by atoms with Gasteiger partial charge in [0.25, 0.3) is 0 Å². The molecule has 0 saturated carbocycles. The third-order valence-electron chi connectivity index (χ3n) is 8.65. The zero-order chi connectivity index (χ0) is 26.7. The lowest BCUT2D eigenvalue weighted by atomic mass is 9.91. The summed E-state index contributed by atoms with van der Waals surface area (Å²) in [7, 11) is 0. The highest BCUT2D eigenvalue weighted by Gasteiger charge is 2.19. The Labute approximate surface area is 247 Å². The Kier molecular flexibility index (Phi) is 4.45. The van der Waals surface area contributed by atoms with Gasteiger partial charge in [-0.2, -0.15) is 0 Å². The normalized spacial score (nSPS) is 12.4. The maximum absolute atomic E-state index is 2.47. The van der Waals surface area contributed by atoms with Crippen molar-refractivity contribution in [2.45, 2.75) is 0 Å². The molecule has 0 atom stereocenters. The molecule has 0 bridgehead atoms. The van der Waals surface area contributed by atoms with Gasteiger partial charge in [0.2, 0.25) is 0 Å². The van der Waals surface area contributed by atoms with Gasteiger partial charge in [-0.05, 0) is 58.1 Å². The largest absolute Gasteiger partial charge is 0.135 e. The molecule has 3 heteroatoms. The van der Waals surface area contributed by atoms with Crippen molar-refractivity contribution in [1.82, 2.24) is 0 Å². The van der Waals surface area contributed by atoms with Crippen molar-refractivity contribution in [2.75, 3.05) is 0 Å². The number of hydrogen-bond donors (Lipinski definition) is 0. The predicted molar refractivity (Wildman–Crippen MR) is 186 cm³/mol. The Balaban J connectivity index is 1.43. The molecule has 0 N–H and O–H groups in total. The van der Waals surface area contributed by atoms with E-state index in [1.54, 1.807) is 0 Å². The van der Waals surface area contributed by atoms with Gasteiger partial charge in [-0.15, -0.1) is 34.0 Å². The van der Waals surface area contributed by atoms with E-state index < -0.39 is 0 Å². The Bertz CT molecular complexity index is 2700. The first kappa shape index (κ1) is 22.4. The Hall–Kier alpha value is -4.28. The molecule has 0 unspecified atom stereocenters. The summed E-state index contributed by atoms with van der Waals surface area (Å²) >= 11 is 5.75. The van der Waals surface area contributed by atoms with Gasteiger partial charge in [-0.3, -0.25) is 0 Å². The van der Waals surface area contributed by atoms with E-state index in [9.17, 15) is 0 Å². The first-order valence-electron chi connectivity index (χ1n) is 13.8.